The van der Waals surface area contributed by atoms with E-state index < -0.39 is 0 Å². The summed E-state index contributed by atoms with van der Waals surface area (Å²) >= 11 is 6.08. The van der Waals surface area contributed by atoms with Crippen LogP contribution in [0.15, 0.2) is 46.9 Å². The normalized spacial score (nSPS) is 10.8. The molecule has 2 aromatic heterocycles. The van der Waals surface area contributed by atoms with Crippen molar-refractivity contribution >= 4 is 17.5 Å². The molecule has 0 atom stereocenters. The average molecular weight is 344 g/mol. The Bertz CT molecular complexity index is 867. The Morgan fingerprint density at radius 2 is 2.12 bits per heavy atom. The molecule has 1 aromatic carbocycles. The number of amides is 1. The molecule has 3 rings (SSSR count). The molecule has 24 heavy (non-hydrogen) atoms. The van der Waals surface area contributed by atoms with Crippen molar-refractivity contribution < 1.29 is 9.21 Å². The second-order valence-electron chi connectivity index (χ2n) is 5.47. The van der Waals surface area contributed by atoms with E-state index in [2.05, 4.69) is 10.4 Å². The largest absolute Gasteiger partial charge is 0.460 e. The summed E-state index contributed by atoms with van der Waals surface area (Å²) in [7, 11) is 0. The average Bonchev–Trinajstić information content (AvgIpc) is 3.19. The van der Waals surface area contributed by atoms with Gasteiger partial charge < -0.3 is 9.73 Å². The molecule has 0 saturated carbocycles. The number of hydrogen-bond donors (Lipinski definition) is 1. The Kier molecular flexibility index (Phi) is 4.71. The Labute approximate surface area is 145 Å². The molecule has 0 spiro atoms. The van der Waals surface area contributed by atoms with Gasteiger partial charge in [0.05, 0.1) is 5.69 Å². The van der Waals surface area contributed by atoms with Crippen LogP contribution in [-0.4, -0.2) is 22.2 Å². The summed E-state index contributed by atoms with van der Waals surface area (Å²) in [5.74, 6) is 1.23. The maximum Gasteiger partial charge on any atom is 0.270 e. The van der Waals surface area contributed by atoms with Crippen molar-refractivity contribution in [3.63, 3.8) is 0 Å². The van der Waals surface area contributed by atoms with Gasteiger partial charge in [-0.15, -0.1) is 0 Å². The lowest BCUT2D eigenvalue weighted by Crippen LogP contribution is -2.26. The highest BCUT2D eigenvalue weighted by molar-refractivity contribution is 6.30. The van der Waals surface area contributed by atoms with Gasteiger partial charge in [0.1, 0.15) is 17.1 Å². The topological polar surface area (TPSA) is 60.1 Å². The van der Waals surface area contributed by atoms with Crippen molar-refractivity contribution in [1.29, 1.82) is 0 Å². The van der Waals surface area contributed by atoms with Crippen LogP contribution >= 0.6 is 11.6 Å². The van der Waals surface area contributed by atoms with Crippen molar-refractivity contribution in [1.82, 2.24) is 15.1 Å². The van der Waals surface area contributed by atoms with E-state index in [9.17, 15) is 4.79 Å². The minimum atomic E-state index is -0.182. The molecule has 0 saturated heterocycles. The van der Waals surface area contributed by atoms with Gasteiger partial charge in [0, 0.05) is 17.6 Å². The maximum atomic E-state index is 12.5. The molecule has 0 aliphatic rings. The molecule has 0 fully saturated rings. The molecule has 2 heterocycles. The van der Waals surface area contributed by atoms with E-state index in [1.54, 1.807) is 22.9 Å². The predicted molar refractivity (Wildman–Crippen MR) is 93.6 cm³/mol. The Balaban J connectivity index is 2.07. The number of aryl methyl sites for hydroxylation is 1. The molecule has 6 heteroatoms. The fraction of sp³-hybridized carbons (Fsp3) is 0.222. The minimum Gasteiger partial charge on any atom is -0.460 e. The predicted octanol–water partition coefficient (Wildman–Crippen LogP) is 4.23. The lowest BCUT2D eigenvalue weighted by atomic mass is 10.2. The second-order valence-corrected chi connectivity index (χ2v) is 5.91. The number of carbonyl (C=O) groups excluding carboxylic acids is 1. The SMILES string of the molecule is CCCNC(=O)c1cc(-c2ccc(C)o2)nn1-c1cccc(Cl)c1. The van der Waals surface area contributed by atoms with Gasteiger partial charge in [0.15, 0.2) is 5.76 Å². The third-order valence-electron chi connectivity index (χ3n) is 3.52. The number of hydrogen-bond acceptors (Lipinski definition) is 3. The van der Waals surface area contributed by atoms with Crippen LogP contribution in [0.4, 0.5) is 0 Å². The summed E-state index contributed by atoms with van der Waals surface area (Å²) < 4.78 is 7.21. The number of rotatable bonds is 5. The standard InChI is InChI=1S/C18H18ClN3O2/c1-3-9-20-18(23)16-11-15(17-8-7-12(2)24-17)21-22(16)14-6-4-5-13(19)10-14/h4-8,10-11H,3,9H2,1-2H3,(H,20,23). The molecule has 5 nitrogen and oxygen atoms in total. The van der Waals surface area contributed by atoms with Crippen molar-refractivity contribution in [2.75, 3.05) is 6.54 Å². The van der Waals surface area contributed by atoms with Crippen LogP contribution in [0.3, 0.4) is 0 Å². The fourth-order valence-electron chi connectivity index (χ4n) is 2.37. The zero-order valence-electron chi connectivity index (χ0n) is 13.5. The zero-order chi connectivity index (χ0) is 17.1. The van der Waals surface area contributed by atoms with Crippen molar-refractivity contribution in [2.24, 2.45) is 0 Å². The molecule has 0 bridgehead atoms. The molecule has 0 radical (unpaired) electrons. The molecule has 1 N–H and O–H groups in total. The quantitative estimate of drug-likeness (QED) is 0.754. The Morgan fingerprint density at radius 3 is 2.79 bits per heavy atom. The summed E-state index contributed by atoms with van der Waals surface area (Å²) in [4.78, 5) is 12.5. The molecular formula is C18H18ClN3O2. The van der Waals surface area contributed by atoms with Gasteiger partial charge in [-0.2, -0.15) is 5.10 Å². The third-order valence-corrected chi connectivity index (χ3v) is 3.76. The van der Waals surface area contributed by atoms with Crippen molar-refractivity contribution in [3.05, 3.63) is 58.9 Å². The van der Waals surface area contributed by atoms with Crippen molar-refractivity contribution in [2.45, 2.75) is 20.3 Å². The van der Waals surface area contributed by atoms with Gasteiger partial charge in [-0.3, -0.25) is 4.79 Å². The smallest absolute Gasteiger partial charge is 0.270 e. The van der Waals surface area contributed by atoms with Gasteiger partial charge in [-0.25, -0.2) is 4.68 Å². The van der Waals surface area contributed by atoms with E-state index in [0.29, 0.717) is 28.7 Å². The van der Waals surface area contributed by atoms with E-state index >= 15 is 0 Å². The Morgan fingerprint density at radius 1 is 1.29 bits per heavy atom. The molecule has 3 aromatic rings. The van der Waals surface area contributed by atoms with Crippen LogP contribution in [0.1, 0.15) is 29.6 Å². The van der Waals surface area contributed by atoms with Crippen LogP contribution in [0.5, 0.6) is 0 Å². The molecule has 0 aliphatic heterocycles. The number of aromatic nitrogens is 2. The van der Waals surface area contributed by atoms with Crippen molar-refractivity contribution in [3.8, 4) is 17.1 Å². The number of benzene rings is 1. The summed E-state index contributed by atoms with van der Waals surface area (Å²) in [5.41, 5.74) is 1.76. The summed E-state index contributed by atoms with van der Waals surface area (Å²) in [6, 6.07) is 12.7. The summed E-state index contributed by atoms with van der Waals surface area (Å²) in [5, 5.41) is 8.00. The van der Waals surface area contributed by atoms with Crippen LogP contribution in [0.2, 0.25) is 5.02 Å². The van der Waals surface area contributed by atoms with Crippen LogP contribution < -0.4 is 5.32 Å². The van der Waals surface area contributed by atoms with E-state index in [1.165, 1.54) is 0 Å². The van der Waals surface area contributed by atoms with Gasteiger partial charge in [0.2, 0.25) is 0 Å². The molecular weight excluding hydrogens is 326 g/mol. The van der Waals surface area contributed by atoms with Crippen LogP contribution in [0.25, 0.3) is 17.1 Å². The molecule has 124 valence electrons. The summed E-state index contributed by atoms with van der Waals surface area (Å²) in [6.45, 7) is 4.48. The highest BCUT2D eigenvalue weighted by Gasteiger charge is 2.18. The first kappa shape index (κ1) is 16.3. The van der Waals surface area contributed by atoms with E-state index in [0.717, 1.165) is 17.9 Å². The van der Waals surface area contributed by atoms with Gasteiger partial charge in [0.25, 0.3) is 5.91 Å². The van der Waals surface area contributed by atoms with Gasteiger partial charge in [-0.1, -0.05) is 24.6 Å². The summed E-state index contributed by atoms with van der Waals surface area (Å²) in [6.07, 6.45) is 0.862. The first-order valence-corrected chi connectivity index (χ1v) is 8.17. The fourth-order valence-corrected chi connectivity index (χ4v) is 2.55. The lowest BCUT2D eigenvalue weighted by molar-refractivity contribution is 0.0946. The monoisotopic (exact) mass is 343 g/mol. The number of furan rings is 1. The number of carbonyl (C=O) groups is 1. The van der Waals surface area contributed by atoms with Gasteiger partial charge >= 0.3 is 0 Å². The first-order valence-electron chi connectivity index (χ1n) is 7.79. The molecule has 0 unspecified atom stereocenters. The lowest BCUT2D eigenvalue weighted by Gasteiger charge is -2.08. The zero-order valence-corrected chi connectivity index (χ0v) is 14.3. The van der Waals surface area contributed by atoms with E-state index in [4.69, 9.17) is 16.0 Å². The van der Waals surface area contributed by atoms with Crippen LogP contribution in [-0.2, 0) is 0 Å². The Hall–Kier alpha value is -2.53. The highest BCUT2D eigenvalue weighted by Crippen LogP contribution is 2.24. The minimum absolute atomic E-state index is 0.182. The van der Waals surface area contributed by atoms with E-state index in [-0.39, 0.29) is 5.91 Å². The molecule has 0 aliphatic carbocycles. The number of halogens is 1. The highest BCUT2D eigenvalue weighted by atomic mass is 35.5. The number of nitrogens with one attached hydrogen (secondary N) is 1. The second kappa shape index (κ2) is 6.93. The van der Waals surface area contributed by atoms with E-state index in [1.807, 2.05) is 38.1 Å². The molecule has 1 amide bonds. The number of nitrogens with zero attached hydrogens (tertiary/aromatic N) is 2. The third kappa shape index (κ3) is 3.36. The maximum absolute atomic E-state index is 12.5. The first-order chi connectivity index (χ1) is 11.6. The van der Waals surface area contributed by atoms with Crippen LogP contribution in [0, 0.1) is 6.92 Å². The van der Waals surface area contributed by atoms with Gasteiger partial charge in [-0.05, 0) is 43.7 Å².